The second kappa shape index (κ2) is 5.88. The highest BCUT2D eigenvalue weighted by Crippen LogP contribution is 2.36. The van der Waals surface area contributed by atoms with Crippen molar-refractivity contribution in [2.24, 2.45) is 5.92 Å². The molecule has 0 N–H and O–H groups in total. The summed E-state index contributed by atoms with van der Waals surface area (Å²) in [5, 5.41) is 0. The molecule has 19 heavy (non-hydrogen) atoms. The standard InChI is InChI=1S/C14H23F2NO2/c1-5-6-8-14(15,16)11-7-9-17(10-11)12(18)19-13(2,3)4/h5,11H,1,6-10H2,2-4H3/t11-/m1/s1. The van der Waals surface area contributed by atoms with Crippen LogP contribution in [0, 0.1) is 5.92 Å². The molecule has 1 aliphatic rings. The summed E-state index contributed by atoms with van der Waals surface area (Å²) in [6, 6.07) is 0. The van der Waals surface area contributed by atoms with Gasteiger partial charge in [-0.1, -0.05) is 6.08 Å². The smallest absolute Gasteiger partial charge is 0.410 e. The monoisotopic (exact) mass is 275 g/mol. The largest absolute Gasteiger partial charge is 0.444 e. The Morgan fingerprint density at radius 3 is 2.63 bits per heavy atom. The van der Waals surface area contributed by atoms with E-state index in [4.69, 9.17) is 4.74 Å². The number of halogens is 2. The van der Waals surface area contributed by atoms with E-state index in [1.807, 2.05) is 0 Å². The van der Waals surface area contributed by atoms with E-state index < -0.39 is 23.5 Å². The average molecular weight is 275 g/mol. The van der Waals surface area contributed by atoms with Crippen LogP contribution in [0.3, 0.4) is 0 Å². The van der Waals surface area contributed by atoms with E-state index in [2.05, 4.69) is 6.58 Å². The maximum atomic E-state index is 13.9. The second-order valence-electron chi connectivity index (χ2n) is 6.00. The van der Waals surface area contributed by atoms with Crippen LogP contribution < -0.4 is 0 Å². The van der Waals surface area contributed by atoms with E-state index >= 15 is 0 Å². The van der Waals surface area contributed by atoms with Crippen molar-refractivity contribution in [3.8, 4) is 0 Å². The van der Waals surface area contributed by atoms with Crippen LogP contribution in [0.1, 0.15) is 40.0 Å². The summed E-state index contributed by atoms with van der Waals surface area (Å²) in [6.07, 6.45) is 1.39. The van der Waals surface area contributed by atoms with E-state index in [1.54, 1.807) is 20.8 Å². The van der Waals surface area contributed by atoms with Crippen molar-refractivity contribution in [3.05, 3.63) is 12.7 Å². The molecule has 0 radical (unpaired) electrons. The Balaban J connectivity index is 2.53. The first kappa shape index (κ1) is 15.9. The van der Waals surface area contributed by atoms with Gasteiger partial charge in [0.1, 0.15) is 5.60 Å². The van der Waals surface area contributed by atoms with Gasteiger partial charge in [0.25, 0.3) is 5.92 Å². The number of carbonyl (C=O) groups is 1. The quantitative estimate of drug-likeness (QED) is 0.729. The van der Waals surface area contributed by atoms with Gasteiger partial charge in [0.05, 0.1) is 0 Å². The predicted molar refractivity (Wildman–Crippen MR) is 70.3 cm³/mol. The van der Waals surface area contributed by atoms with Gasteiger partial charge in [-0.15, -0.1) is 6.58 Å². The number of amides is 1. The molecule has 1 aliphatic heterocycles. The molecule has 1 saturated heterocycles. The van der Waals surface area contributed by atoms with E-state index in [-0.39, 0.29) is 19.4 Å². The molecule has 110 valence electrons. The highest BCUT2D eigenvalue weighted by molar-refractivity contribution is 5.68. The number of hydrogen-bond donors (Lipinski definition) is 0. The van der Waals surface area contributed by atoms with Gasteiger partial charge in [0.15, 0.2) is 0 Å². The Bertz CT molecular complexity index is 337. The van der Waals surface area contributed by atoms with Gasteiger partial charge in [-0.2, -0.15) is 0 Å². The fourth-order valence-corrected chi connectivity index (χ4v) is 2.10. The van der Waals surface area contributed by atoms with Gasteiger partial charge in [0.2, 0.25) is 0 Å². The van der Waals surface area contributed by atoms with Crippen LogP contribution in [-0.4, -0.2) is 35.6 Å². The van der Waals surface area contributed by atoms with Crippen LogP contribution in [0.5, 0.6) is 0 Å². The Morgan fingerprint density at radius 2 is 2.11 bits per heavy atom. The average Bonchev–Trinajstić information content (AvgIpc) is 2.74. The topological polar surface area (TPSA) is 29.5 Å². The zero-order chi connectivity index (χ0) is 14.7. The van der Waals surface area contributed by atoms with Crippen LogP contribution >= 0.6 is 0 Å². The van der Waals surface area contributed by atoms with Crippen molar-refractivity contribution in [3.63, 3.8) is 0 Å². The van der Waals surface area contributed by atoms with Crippen molar-refractivity contribution < 1.29 is 18.3 Å². The first-order valence-corrected chi connectivity index (χ1v) is 6.62. The molecule has 0 aromatic heterocycles. The summed E-state index contributed by atoms with van der Waals surface area (Å²) in [7, 11) is 0. The summed E-state index contributed by atoms with van der Waals surface area (Å²) in [4.78, 5) is 13.2. The zero-order valence-electron chi connectivity index (χ0n) is 11.9. The molecule has 0 aromatic carbocycles. The van der Waals surface area contributed by atoms with Crippen LogP contribution in [0.4, 0.5) is 13.6 Å². The van der Waals surface area contributed by atoms with Crippen molar-refractivity contribution in [1.29, 1.82) is 0 Å². The molecular formula is C14H23F2NO2. The highest BCUT2D eigenvalue weighted by atomic mass is 19.3. The molecule has 0 saturated carbocycles. The minimum atomic E-state index is -2.75. The number of rotatable bonds is 4. The van der Waals surface area contributed by atoms with Crippen molar-refractivity contribution in [1.82, 2.24) is 4.90 Å². The molecule has 1 heterocycles. The third-order valence-electron chi connectivity index (χ3n) is 3.12. The number of likely N-dealkylation sites (tertiary alicyclic amines) is 1. The van der Waals surface area contributed by atoms with Crippen LogP contribution in [-0.2, 0) is 4.74 Å². The van der Waals surface area contributed by atoms with Crippen LogP contribution in [0.25, 0.3) is 0 Å². The molecule has 1 rings (SSSR count). The highest BCUT2D eigenvalue weighted by Gasteiger charge is 2.44. The third-order valence-corrected chi connectivity index (χ3v) is 3.12. The normalized spacial score (nSPS) is 20.5. The van der Waals surface area contributed by atoms with Crippen molar-refractivity contribution >= 4 is 6.09 Å². The Kier molecular flexibility index (Phi) is 4.93. The minimum absolute atomic E-state index is 0.0685. The molecule has 0 bridgehead atoms. The first-order chi connectivity index (χ1) is 8.65. The Labute approximate surface area is 113 Å². The predicted octanol–water partition coefficient (Wildman–Crippen LogP) is 3.84. The number of hydrogen-bond acceptors (Lipinski definition) is 2. The number of carbonyl (C=O) groups excluding carboxylic acids is 1. The van der Waals surface area contributed by atoms with Crippen LogP contribution in [0.15, 0.2) is 12.7 Å². The summed E-state index contributed by atoms with van der Waals surface area (Å²) in [5.74, 6) is -3.52. The van der Waals surface area contributed by atoms with E-state index in [0.717, 1.165) is 0 Å². The number of alkyl halides is 2. The lowest BCUT2D eigenvalue weighted by atomic mass is 9.96. The summed E-state index contributed by atoms with van der Waals surface area (Å²) in [5.41, 5.74) is -0.597. The molecule has 0 unspecified atom stereocenters. The first-order valence-electron chi connectivity index (χ1n) is 6.62. The summed E-state index contributed by atoms with van der Waals surface area (Å²) in [6.45, 7) is 9.14. The molecule has 1 atom stereocenters. The van der Waals surface area contributed by atoms with Gasteiger partial charge in [0, 0.05) is 25.4 Å². The fraction of sp³-hybridized carbons (Fsp3) is 0.786. The molecule has 5 heteroatoms. The van der Waals surface area contributed by atoms with Gasteiger partial charge < -0.3 is 9.64 Å². The molecule has 1 fully saturated rings. The zero-order valence-corrected chi connectivity index (χ0v) is 11.9. The lowest BCUT2D eigenvalue weighted by molar-refractivity contribution is -0.0605. The number of allylic oxidation sites excluding steroid dienone is 1. The van der Waals surface area contributed by atoms with Crippen molar-refractivity contribution in [2.75, 3.05) is 13.1 Å². The number of nitrogens with zero attached hydrogens (tertiary/aromatic N) is 1. The third kappa shape index (κ3) is 4.80. The summed E-state index contributed by atoms with van der Waals surface area (Å²) < 4.78 is 32.9. The maximum absolute atomic E-state index is 13.9. The molecular weight excluding hydrogens is 252 g/mol. The molecule has 3 nitrogen and oxygen atoms in total. The second-order valence-corrected chi connectivity index (χ2v) is 6.00. The molecule has 0 aliphatic carbocycles. The molecule has 0 aromatic rings. The SMILES string of the molecule is C=CCCC(F)(F)[C@@H]1CCN(C(=O)OC(C)(C)C)C1. The Morgan fingerprint density at radius 1 is 1.47 bits per heavy atom. The molecule has 0 spiro atoms. The molecule has 1 amide bonds. The van der Waals surface area contributed by atoms with E-state index in [0.29, 0.717) is 13.0 Å². The van der Waals surface area contributed by atoms with E-state index in [1.165, 1.54) is 11.0 Å². The maximum Gasteiger partial charge on any atom is 0.410 e. The van der Waals surface area contributed by atoms with Gasteiger partial charge in [-0.3, -0.25) is 0 Å². The summed E-state index contributed by atoms with van der Waals surface area (Å²) >= 11 is 0. The lowest BCUT2D eigenvalue weighted by Crippen LogP contribution is -2.37. The van der Waals surface area contributed by atoms with Gasteiger partial charge >= 0.3 is 6.09 Å². The van der Waals surface area contributed by atoms with Gasteiger partial charge in [-0.05, 0) is 33.6 Å². The van der Waals surface area contributed by atoms with Crippen molar-refractivity contribution in [2.45, 2.75) is 51.6 Å². The number of ether oxygens (including phenoxy) is 1. The fourth-order valence-electron chi connectivity index (χ4n) is 2.10. The Hall–Kier alpha value is -1.13. The van der Waals surface area contributed by atoms with Gasteiger partial charge in [-0.25, -0.2) is 13.6 Å². The minimum Gasteiger partial charge on any atom is -0.444 e. The van der Waals surface area contributed by atoms with E-state index in [9.17, 15) is 13.6 Å². The lowest BCUT2D eigenvalue weighted by Gasteiger charge is -2.26. The van der Waals surface area contributed by atoms with Crippen LogP contribution in [0.2, 0.25) is 0 Å².